The SMILES string of the molecule is C=CCN1CC[C@@]2(C)c3cc(O)ccc3C[C@@H]1[C@H]2C. The summed E-state index contributed by atoms with van der Waals surface area (Å²) in [5.41, 5.74) is 2.99. The lowest BCUT2D eigenvalue weighted by Gasteiger charge is -2.54. The van der Waals surface area contributed by atoms with Crippen molar-refractivity contribution in [2.24, 2.45) is 5.92 Å². The first kappa shape index (κ1) is 12.7. The fourth-order valence-corrected chi connectivity index (χ4v) is 4.09. The van der Waals surface area contributed by atoms with Crippen molar-refractivity contribution in [2.45, 2.75) is 38.1 Å². The van der Waals surface area contributed by atoms with Gasteiger partial charge in [-0.05, 0) is 54.0 Å². The van der Waals surface area contributed by atoms with Crippen molar-refractivity contribution in [3.8, 4) is 5.75 Å². The number of nitrogens with zero attached hydrogens (tertiary/aromatic N) is 1. The van der Waals surface area contributed by atoms with E-state index in [1.54, 1.807) is 0 Å². The van der Waals surface area contributed by atoms with Crippen molar-refractivity contribution in [3.63, 3.8) is 0 Å². The topological polar surface area (TPSA) is 23.5 Å². The van der Waals surface area contributed by atoms with Gasteiger partial charge < -0.3 is 5.11 Å². The maximum atomic E-state index is 9.80. The fourth-order valence-electron chi connectivity index (χ4n) is 4.09. The normalized spacial score (nSPS) is 33.8. The molecule has 3 atom stereocenters. The zero-order valence-corrected chi connectivity index (χ0v) is 11.9. The van der Waals surface area contributed by atoms with Crippen LogP contribution >= 0.6 is 0 Å². The van der Waals surface area contributed by atoms with Gasteiger partial charge in [-0.15, -0.1) is 6.58 Å². The summed E-state index contributed by atoms with van der Waals surface area (Å²) in [6.45, 7) is 10.7. The van der Waals surface area contributed by atoms with Crippen LogP contribution in [0.5, 0.6) is 5.75 Å². The van der Waals surface area contributed by atoms with Crippen LogP contribution in [0, 0.1) is 5.92 Å². The van der Waals surface area contributed by atoms with E-state index >= 15 is 0 Å². The Bertz CT molecular complexity index is 510. The first-order valence-electron chi connectivity index (χ1n) is 7.23. The van der Waals surface area contributed by atoms with Gasteiger partial charge in [0, 0.05) is 12.6 Å². The molecule has 1 aliphatic heterocycles. The van der Waals surface area contributed by atoms with Crippen molar-refractivity contribution in [3.05, 3.63) is 42.0 Å². The molecule has 2 bridgehead atoms. The van der Waals surface area contributed by atoms with Crippen LogP contribution in [0.3, 0.4) is 0 Å². The molecule has 2 nitrogen and oxygen atoms in total. The van der Waals surface area contributed by atoms with Crippen molar-refractivity contribution >= 4 is 0 Å². The molecule has 19 heavy (non-hydrogen) atoms. The maximum Gasteiger partial charge on any atom is 0.115 e. The molecule has 102 valence electrons. The summed E-state index contributed by atoms with van der Waals surface area (Å²) in [7, 11) is 0. The minimum atomic E-state index is 0.203. The smallest absolute Gasteiger partial charge is 0.115 e. The van der Waals surface area contributed by atoms with Crippen LogP contribution in [-0.2, 0) is 11.8 Å². The van der Waals surface area contributed by atoms with E-state index in [1.807, 2.05) is 18.2 Å². The van der Waals surface area contributed by atoms with Crippen molar-refractivity contribution in [1.82, 2.24) is 4.90 Å². The van der Waals surface area contributed by atoms with E-state index in [-0.39, 0.29) is 5.41 Å². The highest BCUT2D eigenvalue weighted by Crippen LogP contribution is 2.49. The van der Waals surface area contributed by atoms with E-state index in [4.69, 9.17) is 0 Å². The number of phenols is 1. The largest absolute Gasteiger partial charge is 0.508 e. The van der Waals surface area contributed by atoms with Gasteiger partial charge in [-0.1, -0.05) is 26.0 Å². The molecule has 0 spiro atoms. The molecule has 2 heteroatoms. The van der Waals surface area contributed by atoms with Gasteiger partial charge in [0.2, 0.25) is 0 Å². The Morgan fingerprint density at radius 2 is 2.32 bits per heavy atom. The van der Waals surface area contributed by atoms with Gasteiger partial charge in [-0.3, -0.25) is 4.90 Å². The average Bonchev–Trinajstić information content (AvgIpc) is 2.38. The van der Waals surface area contributed by atoms with Gasteiger partial charge in [0.15, 0.2) is 0 Å². The molecule has 1 aliphatic carbocycles. The predicted octanol–water partition coefficient (Wildman–Crippen LogP) is 3.10. The molecule has 1 aromatic carbocycles. The van der Waals surface area contributed by atoms with Gasteiger partial charge in [-0.2, -0.15) is 0 Å². The lowest BCUT2D eigenvalue weighted by atomic mass is 9.59. The molecule has 1 aromatic rings. The summed E-state index contributed by atoms with van der Waals surface area (Å²) < 4.78 is 0. The second kappa shape index (κ2) is 4.38. The summed E-state index contributed by atoms with van der Waals surface area (Å²) in [4.78, 5) is 2.56. The number of hydrogen-bond acceptors (Lipinski definition) is 2. The lowest BCUT2D eigenvalue weighted by molar-refractivity contribution is 0.0398. The monoisotopic (exact) mass is 257 g/mol. The number of hydrogen-bond donors (Lipinski definition) is 1. The first-order valence-corrected chi connectivity index (χ1v) is 7.23. The van der Waals surface area contributed by atoms with Crippen LogP contribution in [0.4, 0.5) is 0 Å². The maximum absolute atomic E-state index is 9.80. The molecule has 1 heterocycles. The molecule has 2 aliphatic rings. The summed E-state index contributed by atoms with van der Waals surface area (Å²) in [5.74, 6) is 1.02. The molecule has 1 N–H and O–H groups in total. The van der Waals surface area contributed by atoms with Gasteiger partial charge in [0.1, 0.15) is 5.75 Å². The summed E-state index contributed by atoms with van der Waals surface area (Å²) >= 11 is 0. The highest BCUT2D eigenvalue weighted by atomic mass is 16.3. The van der Waals surface area contributed by atoms with Crippen LogP contribution in [0.1, 0.15) is 31.4 Å². The summed E-state index contributed by atoms with van der Waals surface area (Å²) in [6, 6.07) is 6.53. The van der Waals surface area contributed by atoms with Crippen LogP contribution in [-0.4, -0.2) is 29.1 Å². The second-order valence-electron chi connectivity index (χ2n) is 6.35. The van der Waals surface area contributed by atoms with Crippen LogP contribution in [0.25, 0.3) is 0 Å². The first-order chi connectivity index (χ1) is 9.06. The quantitative estimate of drug-likeness (QED) is 0.823. The van der Waals surface area contributed by atoms with Crippen LogP contribution < -0.4 is 0 Å². The molecule has 1 saturated heterocycles. The highest BCUT2D eigenvalue weighted by Gasteiger charge is 2.48. The van der Waals surface area contributed by atoms with Gasteiger partial charge >= 0.3 is 0 Å². The molecular formula is C17H23NO. The number of rotatable bonds is 2. The van der Waals surface area contributed by atoms with Gasteiger partial charge in [0.05, 0.1) is 0 Å². The van der Waals surface area contributed by atoms with E-state index in [1.165, 1.54) is 11.1 Å². The second-order valence-corrected chi connectivity index (χ2v) is 6.35. The van der Waals surface area contributed by atoms with Crippen molar-refractivity contribution in [1.29, 1.82) is 0 Å². The Kier molecular flexibility index (Phi) is 2.94. The van der Waals surface area contributed by atoms with E-state index in [2.05, 4.69) is 31.4 Å². The average molecular weight is 257 g/mol. The third-order valence-electron chi connectivity index (χ3n) is 5.47. The molecule has 0 radical (unpaired) electrons. The zero-order valence-electron chi connectivity index (χ0n) is 11.9. The highest BCUT2D eigenvalue weighted by molar-refractivity contribution is 5.44. The van der Waals surface area contributed by atoms with E-state index in [0.29, 0.717) is 17.7 Å². The van der Waals surface area contributed by atoms with E-state index in [0.717, 1.165) is 25.9 Å². The third-order valence-corrected chi connectivity index (χ3v) is 5.47. The third kappa shape index (κ3) is 1.81. The number of aromatic hydroxyl groups is 1. The molecule has 0 unspecified atom stereocenters. The van der Waals surface area contributed by atoms with Crippen LogP contribution in [0.2, 0.25) is 0 Å². The molecule has 3 rings (SSSR count). The van der Waals surface area contributed by atoms with E-state index < -0.39 is 0 Å². The lowest BCUT2D eigenvalue weighted by Crippen LogP contribution is -2.57. The van der Waals surface area contributed by atoms with E-state index in [9.17, 15) is 5.11 Å². The minimum Gasteiger partial charge on any atom is -0.508 e. The molecule has 0 amide bonds. The van der Waals surface area contributed by atoms with Crippen LogP contribution in [0.15, 0.2) is 30.9 Å². The fraction of sp³-hybridized carbons (Fsp3) is 0.529. The molecule has 0 aromatic heterocycles. The Morgan fingerprint density at radius 3 is 3.05 bits per heavy atom. The number of fused-ring (bicyclic) bond motifs is 4. The van der Waals surface area contributed by atoms with Crippen molar-refractivity contribution in [2.75, 3.05) is 13.1 Å². The standard InChI is InChI=1S/C17H23NO/c1-4-8-18-9-7-17(3)12(2)16(18)10-13-5-6-14(19)11-15(13)17/h4-6,11-12,16,19H,1,7-10H2,2-3H3/t12-,16-,17-/m1/s1. The summed E-state index contributed by atoms with van der Waals surface area (Å²) in [5, 5.41) is 9.80. The van der Waals surface area contributed by atoms with Gasteiger partial charge in [0.25, 0.3) is 0 Å². The number of phenolic OH excluding ortho intramolecular Hbond substituents is 1. The van der Waals surface area contributed by atoms with Crippen molar-refractivity contribution < 1.29 is 5.11 Å². The number of piperidine rings is 1. The Hall–Kier alpha value is -1.28. The molecule has 1 fully saturated rings. The minimum absolute atomic E-state index is 0.203. The zero-order chi connectivity index (χ0) is 13.6. The number of likely N-dealkylation sites (tertiary alicyclic amines) is 1. The summed E-state index contributed by atoms with van der Waals surface area (Å²) in [6.07, 6.45) is 4.27. The number of benzene rings is 1. The predicted molar refractivity (Wildman–Crippen MR) is 78.5 cm³/mol. The Morgan fingerprint density at radius 1 is 1.53 bits per heavy atom. The molecule has 0 saturated carbocycles. The Labute approximate surface area is 115 Å². The van der Waals surface area contributed by atoms with Gasteiger partial charge in [-0.25, -0.2) is 0 Å². The molecular weight excluding hydrogens is 234 g/mol. The Balaban J connectivity index is 2.06.